The molecule has 0 saturated carbocycles. The lowest BCUT2D eigenvalue weighted by molar-refractivity contribution is -0.137. The molecule has 1 aliphatic rings. The number of aliphatic carboxylic acids is 1. The van der Waals surface area contributed by atoms with Crippen LogP contribution in [0.4, 0.5) is 4.79 Å². The first kappa shape index (κ1) is 23.3. The number of alkyl carbamates (subject to hydrolysis) is 1. The molecule has 0 aliphatic heterocycles. The lowest BCUT2D eigenvalue weighted by Gasteiger charge is -2.20. The molecule has 3 N–H and O–H groups in total. The summed E-state index contributed by atoms with van der Waals surface area (Å²) in [5, 5.41) is 14.4. The summed E-state index contributed by atoms with van der Waals surface area (Å²) in [6, 6.07) is 15.4. The molecular weight excluding hydrogens is 408 g/mol. The fourth-order valence-electron chi connectivity index (χ4n) is 4.12. The molecule has 2 amide bonds. The predicted molar refractivity (Wildman–Crippen MR) is 121 cm³/mol. The fourth-order valence-corrected chi connectivity index (χ4v) is 4.12. The molecule has 7 nitrogen and oxygen atoms in total. The van der Waals surface area contributed by atoms with E-state index in [0.717, 1.165) is 22.3 Å². The van der Waals surface area contributed by atoms with Crippen molar-refractivity contribution in [1.82, 2.24) is 10.6 Å². The lowest BCUT2D eigenvalue weighted by Crippen LogP contribution is -2.42. The highest BCUT2D eigenvalue weighted by molar-refractivity contribution is 5.80. The Bertz CT molecular complexity index is 929. The third-order valence-electron chi connectivity index (χ3n) is 5.87. The smallest absolute Gasteiger partial charge is 0.407 e. The number of nitrogens with one attached hydrogen (secondary N) is 2. The van der Waals surface area contributed by atoms with Crippen LogP contribution in [0.3, 0.4) is 0 Å². The minimum atomic E-state index is -0.957. The molecule has 0 bridgehead atoms. The van der Waals surface area contributed by atoms with Crippen molar-refractivity contribution in [2.24, 2.45) is 0 Å². The van der Waals surface area contributed by atoms with E-state index in [0.29, 0.717) is 12.8 Å². The second-order valence-electron chi connectivity index (χ2n) is 8.05. The van der Waals surface area contributed by atoms with Crippen LogP contribution in [0.15, 0.2) is 48.5 Å². The molecule has 2 aromatic carbocycles. The van der Waals surface area contributed by atoms with Gasteiger partial charge < -0.3 is 20.5 Å². The van der Waals surface area contributed by atoms with Gasteiger partial charge in [0.15, 0.2) is 0 Å². The minimum absolute atomic E-state index is 0.0298. The summed E-state index contributed by atoms with van der Waals surface area (Å²) in [6.45, 7) is 3.90. The monoisotopic (exact) mass is 438 g/mol. The maximum atomic E-state index is 12.5. The molecule has 2 atom stereocenters. The van der Waals surface area contributed by atoms with Crippen LogP contribution in [0, 0.1) is 0 Å². The largest absolute Gasteiger partial charge is 0.481 e. The number of hydrogen-bond acceptors (Lipinski definition) is 4. The summed E-state index contributed by atoms with van der Waals surface area (Å²) >= 11 is 0. The van der Waals surface area contributed by atoms with E-state index in [1.54, 1.807) is 0 Å². The van der Waals surface area contributed by atoms with Crippen molar-refractivity contribution in [2.75, 3.05) is 6.61 Å². The molecule has 2 aromatic rings. The number of carboxylic acid groups (broad SMARTS) is 1. The van der Waals surface area contributed by atoms with Gasteiger partial charge in [0, 0.05) is 24.4 Å². The van der Waals surface area contributed by atoms with E-state index in [4.69, 9.17) is 9.84 Å². The maximum Gasteiger partial charge on any atom is 0.407 e. The SMILES string of the molecule is CCC(CC(=O)O)NC(=O)C[C@@H](CC)NC(=O)OCC1c2ccccc2-c2ccccc21. The van der Waals surface area contributed by atoms with Crippen molar-refractivity contribution < 1.29 is 24.2 Å². The molecular formula is C25H30N2O5. The van der Waals surface area contributed by atoms with Gasteiger partial charge in [-0.1, -0.05) is 62.4 Å². The normalized spacial score (nSPS) is 14.1. The molecule has 0 heterocycles. The number of ether oxygens (including phenoxy) is 1. The molecule has 1 aliphatic carbocycles. The second kappa shape index (κ2) is 10.8. The van der Waals surface area contributed by atoms with Crippen molar-refractivity contribution >= 4 is 18.0 Å². The Morgan fingerprint density at radius 3 is 1.94 bits per heavy atom. The average molecular weight is 439 g/mol. The lowest BCUT2D eigenvalue weighted by atomic mass is 9.98. The van der Waals surface area contributed by atoms with Crippen molar-refractivity contribution in [2.45, 2.75) is 57.5 Å². The second-order valence-corrected chi connectivity index (χ2v) is 8.05. The number of fused-ring (bicyclic) bond motifs is 3. The summed E-state index contributed by atoms with van der Waals surface area (Å²) < 4.78 is 5.55. The van der Waals surface area contributed by atoms with Gasteiger partial charge in [0.1, 0.15) is 6.61 Å². The number of amides is 2. The number of rotatable bonds is 10. The van der Waals surface area contributed by atoms with Crippen LogP contribution in [0.25, 0.3) is 11.1 Å². The number of carbonyl (C=O) groups is 3. The molecule has 7 heteroatoms. The van der Waals surface area contributed by atoms with Crippen molar-refractivity contribution in [1.29, 1.82) is 0 Å². The van der Waals surface area contributed by atoms with E-state index in [-0.39, 0.29) is 31.3 Å². The van der Waals surface area contributed by atoms with Gasteiger partial charge in [-0.15, -0.1) is 0 Å². The third-order valence-corrected chi connectivity index (χ3v) is 5.87. The summed E-state index contributed by atoms with van der Waals surface area (Å²) in [5.74, 6) is -1.28. The van der Waals surface area contributed by atoms with E-state index in [2.05, 4.69) is 34.9 Å². The summed E-state index contributed by atoms with van der Waals surface area (Å²) in [5.41, 5.74) is 4.59. The number of benzene rings is 2. The fraction of sp³-hybridized carbons (Fsp3) is 0.400. The van der Waals surface area contributed by atoms with Gasteiger partial charge in [-0.2, -0.15) is 0 Å². The molecule has 3 rings (SSSR count). The first-order valence-electron chi connectivity index (χ1n) is 11.1. The van der Waals surface area contributed by atoms with Gasteiger partial charge >= 0.3 is 12.1 Å². The van der Waals surface area contributed by atoms with E-state index >= 15 is 0 Å². The molecule has 32 heavy (non-hydrogen) atoms. The van der Waals surface area contributed by atoms with Crippen molar-refractivity contribution in [3.8, 4) is 11.1 Å². The Balaban J connectivity index is 1.55. The standard InChI is InChI=1S/C25H30N2O5/c1-3-16(13-23(28)26-17(4-2)14-24(29)30)27-25(31)32-15-22-20-11-7-5-9-18(20)19-10-6-8-12-21(19)22/h5-12,16-17,22H,3-4,13-15H2,1-2H3,(H,26,28)(H,27,31)(H,29,30)/t16-,17?/m1/s1. The van der Waals surface area contributed by atoms with E-state index in [1.807, 2.05) is 38.1 Å². The predicted octanol–water partition coefficient (Wildman–Crippen LogP) is 4.06. The third kappa shape index (κ3) is 5.66. The molecule has 1 unspecified atom stereocenters. The zero-order chi connectivity index (χ0) is 23.1. The zero-order valence-electron chi connectivity index (χ0n) is 18.5. The van der Waals surface area contributed by atoms with Crippen molar-refractivity contribution in [3.05, 3.63) is 59.7 Å². The Kier molecular flexibility index (Phi) is 7.87. The van der Waals surface area contributed by atoms with E-state index < -0.39 is 24.1 Å². The van der Waals surface area contributed by atoms with Crippen LogP contribution in [0.5, 0.6) is 0 Å². The Hall–Kier alpha value is -3.35. The Labute approximate surface area is 188 Å². The molecule has 0 saturated heterocycles. The molecule has 170 valence electrons. The number of hydrogen-bond donors (Lipinski definition) is 3. The molecule has 0 spiro atoms. The van der Waals surface area contributed by atoms with E-state index in [9.17, 15) is 14.4 Å². The van der Waals surface area contributed by atoms with Gasteiger partial charge in [-0.25, -0.2) is 4.79 Å². The van der Waals surface area contributed by atoms with Crippen LogP contribution in [-0.2, 0) is 14.3 Å². The first-order chi connectivity index (χ1) is 15.4. The van der Waals surface area contributed by atoms with Crippen LogP contribution in [-0.4, -0.2) is 41.8 Å². The van der Waals surface area contributed by atoms with E-state index in [1.165, 1.54) is 0 Å². The topological polar surface area (TPSA) is 105 Å². The highest BCUT2D eigenvalue weighted by Gasteiger charge is 2.29. The summed E-state index contributed by atoms with van der Waals surface area (Å²) in [7, 11) is 0. The highest BCUT2D eigenvalue weighted by atomic mass is 16.5. The summed E-state index contributed by atoms with van der Waals surface area (Å²) in [6.07, 6.45) is 0.446. The summed E-state index contributed by atoms with van der Waals surface area (Å²) in [4.78, 5) is 35.6. The van der Waals surface area contributed by atoms with Crippen LogP contribution < -0.4 is 10.6 Å². The Morgan fingerprint density at radius 1 is 0.875 bits per heavy atom. The maximum absolute atomic E-state index is 12.5. The van der Waals surface area contributed by atoms with Crippen molar-refractivity contribution in [3.63, 3.8) is 0 Å². The van der Waals surface area contributed by atoms with Crippen LogP contribution in [0.1, 0.15) is 56.6 Å². The molecule has 0 aromatic heterocycles. The number of carboxylic acids is 1. The van der Waals surface area contributed by atoms with Gasteiger partial charge in [0.25, 0.3) is 0 Å². The Morgan fingerprint density at radius 2 is 1.41 bits per heavy atom. The zero-order valence-corrected chi connectivity index (χ0v) is 18.5. The first-order valence-corrected chi connectivity index (χ1v) is 11.1. The van der Waals surface area contributed by atoms with Gasteiger partial charge in [-0.3, -0.25) is 9.59 Å². The van der Waals surface area contributed by atoms with Gasteiger partial charge in [-0.05, 0) is 35.1 Å². The quantitative estimate of drug-likeness (QED) is 0.519. The average Bonchev–Trinajstić information content (AvgIpc) is 3.10. The molecule has 0 radical (unpaired) electrons. The highest BCUT2D eigenvalue weighted by Crippen LogP contribution is 2.44. The van der Waals surface area contributed by atoms with Crippen LogP contribution in [0.2, 0.25) is 0 Å². The minimum Gasteiger partial charge on any atom is -0.481 e. The number of carbonyl (C=O) groups excluding carboxylic acids is 2. The molecule has 0 fully saturated rings. The van der Waals surface area contributed by atoms with Gasteiger partial charge in [0.2, 0.25) is 5.91 Å². The van der Waals surface area contributed by atoms with Gasteiger partial charge in [0.05, 0.1) is 6.42 Å². The van der Waals surface area contributed by atoms with Crippen LogP contribution >= 0.6 is 0 Å².